The van der Waals surface area contributed by atoms with Crippen LogP contribution in [-0.2, 0) is 4.74 Å². The van der Waals surface area contributed by atoms with Crippen LogP contribution in [0.4, 0.5) is 4.79 Å². The van der Waals surface area contributed by atoms with Crippen molar-refractivity contribution in [3.05, 3.63) is 34.3 Å². The monoisotopic (exact) mass is 285 g/mol. The average molecular weight is 286 g/mol. The van der Waals surface area contributed by atoms with Gasteiger partial charge in [-0.05, 0) is 38.8 Å². The third-order valence-electron chi connectivity index (χ3n) is 2.47. The lowest BCUT2D eigenvalue weighted by molar-refractivity contribution is 0.0482. The Morgan fingerprint density at radius 3 is 2.63 bits per heavy atom. The van der Waals surface area contributed by atoms with Crippen molar-refractivity contribution in [3.63, 3.8) is 0 Å². The summed E-state index contributed by atoms with van der Waals surface area (Å²) in [4.78, 5) is 11.7. The van der Waals surface area contributed by atoms with Crippen molar-refractivity contribution in [1.29, 1.82) is 0 Å². The molecule has 4 nitrogen and oxygen atoms in total. The first-order valence-corrected chi connectivity index (χ1v) is 6.48. The van der Waals surface area contributed by atoms with E-state index in [9.17, 15) is 9.90 Å². The molecule has 1 atom stereocenters. The molecule has 1 unspecified atom stereocenters. The number of aryl methyl sites for hydroxylation is 1. The molecule has 0 spiro atoms. The third-order valence-corrected chi connectivity index (χ3v) is 2.99. The van der Waals surface area contributed by atoms with Gasteiger partial charge in [-0.3, -0.25) is 0 Å². The SMILES string of the molecule is Cc1cccc(C(CO)NC(=O)OC(C)(C)C)c1Cl. The number of amides is 1. The summed E-state index contributed by atoms with van der Waals surface area (Å²) in [6, 6.07) is 4.89. The van der Waals surface area contributed by atoms with Gasteiger partial charge in [0.05, 0.1) is 12.6 Å². The van der Waals surface area contributed by atoms with Crippen LogP contribution in [0.25, 0.3) is 0 Å². The van der Waals surface area contributed by atoms with Crippen LogP contribution in [0.1, 0.15) is 37.9 Å². The number of carbonyl (C=O) groups excluding carboxylic acids is 1. The smallest absolute Gasteiger partial charge is 0.408 e. The second kappa shape index (κ2) is 6.26. The van der Waals surface area contributed by atoms with E-state index in [1.807, 2.05) is 19.1 Å². The summed E-state index contributed by atoms with van der Waals surface area (Å²) in [5.74, 6) is 0. The molecule has 0 bridgehead atoms. The zero-order valence-electron chi connectivity index (χ0n) is 11.7. The van der Waals surface area contributed by atoms with E-state index in [2.05, 4.69) is 5.32 Å². The number of nitrogens with one attached hydrogen (secondary N) is 1. The highest BCUT2D eigenvalue weighted by molar-refractivity contribution is 6.32. The number of rotatable bonds is 3. The first-order chi connectivity index (χ1) is 8.74. The largest absolute Gasteiger partial charge is 0.444 e. The van der Waals surface area contributed by atoms with E-state index in [-0.39, 0.29) is 6.61 Å². The Bertz CT molecular complexity index is 454. The van der Waals surface area contributed by atoms with E-state index in [1.54, 1.807) is 26.8 Å². The molecular formula is C14H20ClNO3. The van der Waals surface area contributed by atoms with Crippen molar-refractivity contribution in [2.75, 3.05) is 6.61 Å². The highest BCUT2D eigenvalue weighted by atomic mass is 35.5. The van der Waals surface area contributed by atoms with Gasteiger partial charge in [-0.2, -0.15) is 0 Å². The molecule has 1 aromatic carbocycles. The lowest BCUT2D eigenvalue weighted by Crippen LogP contribution is -2.36. The normalized spacial score (nSPS) is 12.9. The fraction of sp³-hybridized carbons (Fsp3) is 0.500. The molecule has 106 valence electrons. The maximum Gasteiger partial charge on any atom is 0.408 e. The molecule has 1 rings (SSSR count). The van der Waals surface area contributed by atoms with E-state index >= 15 is 0 Å². The summed E-state index contributed by atoms with van der Waals surface area (Å²) in [7, 11) is 0. The highest BCUT2D eigenvalue weighted by Crippen LogP contribution is 2.26. The first-order valence-electron chi connectivity index (χ1n) is 6.10. The lowest BCUT2D eigenvalue weighted by Gasteiger charge is -2.23. The van der Waals surface area contributed by atoms with Gasteiger partial charge in [0.2, 0.25) is 0 Å². The van der Waals surface area contributed by atoms with Gasteiger partial charge in [0.15, 0.2) is 0 Å². The Balaban J connectivity index is 2.84. The summed E-state index contributed by atoms with van der Waals surface area (Å²) in [5, 5.41) is 12.6. The molecular weight excluding hydrogens is 266 g/mol. The molecule has 0 saturated carbocycles. The molecule has 0 aliphatic carbocycles. The lowest BCUT2D eigenvalue weighted by atomic mass is 10.0. The fourth-order valence-corrected chi connectivity index (χ4v) is 1.87. The number of benzene rings is 1. The quantitative estimate of drug-likeness (QED) is 0.896. The molecule has 0 heterocycles. The standard InChI is InChI=1S/C14H20ClNO3/c1-9-6-5-7-10(12(9)15)11(8-17)16-13(18)19-14(2,3)4/h5-7,11,17H,8H2,1-4H3,(H,16,18). The number of hydrogen-bond acceptors (Lipinski definition) is 3. The van der Waals surface area contributed by atoms with E-state index < -0.39 is 17.7 Å². The van der Waals surface area contributed by atoms with Gasteiger partial charge in [0.1, 0.15) is 5.60 Å². The topological polar surface area (TPSA) is 58.6 Å². The molecule has 5 heteroatoms. The van der Waals surface area contributed by atoms with Crippen LogP contribution in [-0.4, -0.2) is 23.4 Å². The zero-order chi connectivity index (χ0) is 14.6. The van der Waals surface area contributed by atoms with Gasteiger partial charge in [0.25, 0.3) is 0 Å². The van der Waals surface area contributed by atoms with E-state index in [0.29, 0.717) is 10.6 Å². The van der Waals surface area contributed by atoms with Crippen molar-refractivity contribution in [2.24, 2.45) is 0 Å². The van der Waals surface area contributed by atoms with Crippen molar-refractivity contribution in [2.45, 2.75) is 39.3 Å². The van der Waals surface area contributed by atoms with Crippen LogP contribution < -0.4 is 5.32 Å². The van der Waals surface area contributed by atoms with Crippen LogP contribution in [0.3, 0.4) is 0 Å². The van der Waals surface area contributed by atoms with E-state index in [1.165, 1.54) is 0 Å². The number of carbonyl (C=O) groups is 1. The second-order valence-corrected chi connectivity index (χ2v) is 5.74. The van der Waals surface area contributed by atoms with Crippen LogP contribution in [0, 0.1) is 6.92 Å². The fourth-order valence-electron chi connectivity index (χ4n) is 1.61. The number of aliphatic hydroxyl groups is 1. The molecule has 2 N–H and O–H groups in total. The first kappa shape index (κ1) is 15.8. The molecule has 0 aromatic heterocycles. The number of halogens is 1. The van der Waals surface area contributed by atoms with Crippen LogP contribution in [0.15, 0.2) is 18.2 Å². The van der Waals surface area contributed by atoms with E-state index in [0.717, 1.165) is 5.56 Å². The number of alkyl carbamates (subject to hydrolysis) is 1. The van der Waals surface area contributed by atoms with Crippen LogP contribution in [0.5, 0.6) is 0 Å². The Labute approximate surface area is 118 Å². The molecule has 1 aromatic rings. The maximum absolute atomic E-state index is 11.7. The maximum atomic E-state index is 11.7. The number of ether oxygens (including phenoxy) is 1. The third kappa shape index (κ3) is 4.73. The highest BCUT2D eigenvalue weighted by Gasteiger charge is 2.21. The molecule has 0 fully saturated rings. The Kier molecular flexibility index (Phi) is 5.20. The van der Waals surface area contributed by atoms with Crippen molar-refractivity contribution in [1.82, 2.24) is 5.32 Å². The second-order valence-electron chi connectivity index (χ2n) is 5.36. The Morgan fingerprint density at radius 2 is 2.11 bits per heavy atom. The van der Waals surface area contributed by atoms with Gasteiger partial charge >= 0.3 is 6.09 Å². The summed E-state index contributed by atoms with van der Waals surface area (Å²) in [5.41, 5.74) is 0.985. The predicted molar refractivity (Wildman–Crippen MR) is 75.4 cm³/mol. The van der Waals surface area contributed by atoms with Gasteiger partial charge in [0, 0.05) is 5.02 Å². The molecule has 1 amide bonds. The predicted octanol–water partition coefficient (Wildman–Crippen LogP) is 3.21. The zero-order valence-corrected chi connectivity index (χ0v) is 12.4. The molecule has 0 aliphatic rings. The number of hydrogen-bond donors (Lipinski definition) is 2. The van der Waals surface area contributed by atoms with E-state index in [4.69, 9.17) is 16.3 Å². The minimum Gasteiger partial charge on any atom is -0.444 e. The summed E-state index contributed by atoms with van der Waals surface area (Å²) >= 11 is 6.18. The van der Waals surface area contributed by atoms with Crippen LogP contribution in [0.2, 0.25) is 5.02 Å². The average Bonchev–Trinajstić information content (AvgIpc) is 2.27. The Hall–Kier alpha value is -1.26. The Morgan fingerprint density at radius 1 is 1.47 bits per heavy atom. The summed E-state index contributed by atoms with van der Waals surface area (Å²) in [6.07, 6.45) is -0.580. The van der Waals surface area contributed by atoms with Crippen LogP contribution >= 0.6 is 11.6 Å². The van der Waals surface area contributed by atoms with Crippen molar-refractivity contribution < 1.29 is 14.6 Å². The minimum absolute atomic E-state index is 0.248. The summed E-state index contributed by atoms with van der Waals surface area (Å²) in [6.45, 7) is 6.96. The van der Waals surface area contributed by atoms with Gasteiger partial charge < -0.3 is 15.2 Å². The number of aliphatic hydroxyl groups excluding tert-OH is 1. The van der Waals surface area contributed by atoms with Crippen molar-refractivity contribution >= 4 is 17.7 Å². The minimum atomic E-state index is -0.583. The molecule has 0 aliphatic heterocycles. The van der Waals surface area contributed by atoms with Crippen molar-refractivity contribution in [3.8, 4) is 0 Å². The molecule has 0 radical (unpaired) electrons. The molecule has 19 heavy (non-hydrogen) atoms. The van der Waals surface area contributed by atoms with Gasteiger partial charge in [-0.1, -0.05) is 29.8 Å². The van der Waals surface area contributed by atoms with Gasteiger partial charge in [-0.15, -0.1) is 0 Å². The molecule has 0 saturated heterocycles. The summed E-state index contributed by atoms with van der Waals surface area (Å²) < 4.78 is 5.16. The van der Waals surface area contributed by atoms with Gasteiger partial charge in [-0.25, -0.2) is 4.79 Å².